The van der Waals surface area contributed by atoms with Gasteiger partial charge in [-0.25, -0.2) is 0 Å². The van der Waals surface area contributed by atoms with E-state index < -0.39 is 18.2 Å². The number of anilines is 1. The molecule has 1 aliphatic rings. The van der Waals surface area contributed by atoms with Gasteiger partial charge >= 0.3 is 0 Å². The number of nitrogens with one attached hydrogen (secondary N) is 1. The van der Waals surface area contributed by atoms with Crippen molar-refractivity contribution in [2.45, 2.75) is 57.0 Å². The molecule has 1 saturated carbocycles. The van der Waals surface area contributed by atoms with Gasteiger partial charge in [-0.2, -0.15) is 0 Å². The number of aliphatic hydroxyl groups is 2. The molecule has 152 valence electrons. The summed E-state index contributed by atoms with van der Waals surface area (Å²) in [6.07, 6.45) is 4.98. The van der Waals surface area contributed by atoms with Gasteiger partial charge in [0.2, 0.25) is 0 Å². The van der Waals surface area contributed by atoms with Gasteiger partial charge in [0.25, 0.3) is 0 Å². The number of aliphatic hydroxyl groups excluding tert-OH is 2. The van der Waals surface area contributed by atoms with Crippen LogP contribution in [0.15, 0.2) is 60.8 Å². The van der Waals surface area contributed by atoms with Crippen LogP contribution >= 0.6 is 0 Å². The molecule has 1 fully saturated rings. The first-order chi connectivity index (χ1) is 14.1. The molecule has 5 heteroatoms. The Kier molecular flexibility index (Phi) is 5.97. The lowest BCUT2D eigenvalue weighted by Gasteiger charge is -2.28. The zero-order chi connectivity index (χ0) is 20.2. The van der Waals surface area contributed by atoms with Gasteiger partial charge in [-0.1, -0.05) is 12.1 Å². The van der Waals surface area contributed by atoms with Crippen LogP contribution in [0.5, 0.6) is 5.75 Å². The zero-order valence-corrected chi connectivity index (χ0v) is 16.7. The number of pyridine rings is 1. The van der Waals surface area contributed by atoms with Gasteiger partial charge in [0.15, 0.2) is 0 Å². The summed E-state index contributed by atoms with van der Waals surface area (Å²) < 4.78 is 6.03. The molecule has 0 spiro atoms. The fourth-order valence-corrected chi connectivity index (χ4v) is 3.94. The molecule has 5 nitrogen and oxygen atoms in total. The predicted molar refractivity (Wildman–Crippen MR) is 115 cm³/mol. The Morgan fingerprint density at radius 2 is 1.79 bits per heavy atom. The largest absolute Gasteiger partial charge is 0.490 e. The number of hydrogen-bond donors (Lipinski definition) is 3. The Balaban J connectivity index is 1.55. The van der Waals surface area contributed by atoms with E-state index in [1.165, 1.54) is 12.8 Å². The molecular weight excluding hydrogens is 364 g/mol. The summed E-state index contributed by atoms with van der Waals surface area (Å²) in [5, 5.41) is 25.1. The molecule has 29 heavy (non-hydrogen) atoms. The highest BCUT2D eigenvalue weighted by atomic mass is 16.5. The van der Waals surface area contributed by atoms with Crippen molar-refractivity contribution >= 4 is 16.6 Å². The SMILES string of the molecule is C[C@H](O)[C@@H](O)[C@H](Nc1ccc(OC2CCCC2)cc1)c1ccc2ncccc2c1. The van der Waals surface area contributed by atoms with Crippen molar-refractivity contribution in [1.29, 1.82) is 0 Å². The topological polar surface area (TPSA) is 74.6 Å². The maximum absolute atomic E-state index is 10.7. The van der Waals surface area contributed by atoms with Crippen LogP contribution in [0.25, 0.3) is 10.9 Å². The van der Waals surface area contributed by atoms with Crippen LogP contribution in [0.2, 0.25) is 0 Å². The number of benzene rings is 2. The summed E-state index contributed by atoms with van der Waals surface area (Å²) in [4.78, 5) is 4.35. The van der Waals surface area contributed by atoms with Gasteiger partial charge in [-0.15, -0.1) is 0 Å². The molecule has 0 bridgehead atoms. The molecule has 2 aromatic carbocycles. The molecule has 0 amide bonds. The minimum atomic E-state index is -0.960. The van der Waals surface area contributed by atoms with Gasteiger partial charge in [0, 0.05) is 17.3 Å². The lowest BCUT2D eigenvalue weighted by Crippen LogP contribution is -2.34. The van der Waals surface area contributed by atoms with Gasteiger partial charge in [-0.3, -0.25) is 4.98 Å². The van der Waals surface area contributed by atoms with E-state index in [0.717, 1.165) is 40.7 Å². The van der Waals surface area contributed by atoms with Crippen molar-refractivity contribution in [2.24, 2.45) is 0 Å². The van der Waals surface area contributed by atoms with Crippen LogP contribution in [0, 0.1) is 0 Å². The van der Waals surface area contributed by atoms with E-state index >= 15 is 0 Å². The van der Waals surface area contributed by atoms with Crippen LogP contribution in [-0.2, 0) is 0 Å². The molecule has 4 rings (SSSR count). The standard InChI is InChI=1S/C24H28N2O3/c1-16(27)24(28)23(18-8-13-22-17(15-18)5-4-14-25-22)26-19-9-11-21(12-10-19)29-20-6-2-3-7-20/h4-5,8-16,20,23-24,26-28H,2-3,6-7H2,1H3/t16-,23+,24+/m0/s1. The van der Waals surface area contributed by atoms with Crippen LogP contribution in [-0.4, -0.2) is 33.5 Å². The Labute approximate surface area is 171 Å². The van der Waals surface area contributed by atoms with E-state index in [1.807, 2.05) is 54.6 Å². The fourth-order valence-electron chi connectivity index (χ4n) is 3.94. The Hall–Kier alpha value is -2.63. The van der Waals surface area contributed by atoms with Crippen molar-refractivity contribution in [1.82, 2.24) is 4.98 Å². The summed E-state index contributed by atoms with van der Waals surface area (Å²) >= 11 is 0. The van der Waals surface area contributed by atoms with Crippen LogP contribution in [0.4, 0.5) is 5.69 Å². The predicted octanol–water partition coefficient (Wildman–Crippen LogP) is 4.45. The minimum absolute atomic E-state index is 0.324. The lowest BCUT2D eigenvalue weighted by molar-refractivity contribution is 0.0190. The third-order valence-corrected chi connectivity index (χ3v) is 5.60. The van der Waals surface area contributed by atoms with Crippen molar-refractivity contribution in [2.75, 3.05) is 5.32 Å². The van der Waals surface area contributed by atoms with E-state index in [1.54, 1.807) is 13.1 Å². The van der Waals surface area contributed by atoms with E-state index in [9.17, 15) is 10.2 Å². The van der Waals surface area contributed by atoms with Crippen LogP contribution in [0.1, 0.15) is 44.2 Å². The lowest BCUT2D eigenvalue weighted by atomic mass is 9.96. The smallest absolute Gasteiger partial charge is 0.119 e. The summed E-state index contributed by atoms with van der Waals surface area (Å²) in [7, 11) is 0. The first-order valence-electron chi connectivity index (χ1n) is 10.3. The highest BCUT2D eigenvalue weighted by Gasteiger charge is 2.25. The monoisotopic (exact) mass is 392 g/mol. The third kappa shape index (κ3) is 4.69. The molecule has 0 unspecified atom stereocenters. The molecule has 0 radical (unpaired) electrons. The number of rotatable bonds is 7. The minimum Gasteiger partial charge on any atom is -0.490 e. The van der Waals surface area contributed by atoms with Gasteiger partial charge in [0.1, 0.15) is 11.9 Å². The number of ether oxygens (including phenoxy) is 1. The molecule has 3 aromatic rings. The third-order valence-electron chi connectivity index (χ3n) is 5.60. The second kappa shape index (κ2) is 8.80. The molecule has 1 aromatic heterocycles. The Morgan fingerprint density at radius 3 is 2.52 bits per heavy atom. The normalized spacial score (nSPS) is 17.8. The average molecular weight is 392 g/mol. The summed E-state index contributed by atoms with van der Waals surface area (Å²) in [5.41, 5.74) is 2.65. The highest BCUT2D eigenvalue weighted by molar-refractivity contribution is 5.79. The number of aromatic nitrogens is 1. The second-order valence-corrected chi connectivity index (χ2v) is 7.86. The maximum Gasteiger partial charge on any atom is 0.119 e. The molecule has 0 aliphatic heterocycles. The molecule has 3 N–H and O–H groups in total. The Morgan fingerprint density at radius 1 is 1.03 bits per heavy atom. The van der Waals surface area contributed by atoms with Crippen LogP contribution in [0.3, 0.4) is 0 Å². The van der Waals surface area contributed by atoms with E-state index in [2.05, 4.69) is 10.3 Å². The fraction of sp³-hybridized carbons (Fsp3) is 0.375. The summed E-state index contributed by atoms with van der Waals surface area (Å²) in [6.45, 7) is 1.60. The molecule has 1 aliphatic carbocycles. The molecule has 0 saturated heterocycles. The second-order valence-electron chi connectivity index (χ2n) is 7.86. The number of fused-ring (bicyclic) bond motifs is 1. The van der Waals surface area contributed by atoms with Gasteiger partial charge < -0.3 is 20.3 Å². The Bertz CT molecular complexity index is 936. The summed E-state index contributed by atoms with van der Waals surface area (Å²) in [6, 6.07) is 17.1. The van der Waals surface area contributed by atoms with E-state index in [-0.39, 0.29) is 0 Å². The first-order valence-corrected chi connectivity index (χ1v) is 10.3. The number of hydrogen-bond acceptors (Lipinski definition) is 5. The zero-order valence-electron chi connectivity index (χ0n) is 16.7. The van der Waals surface area contributed by atoms with E-state index in [0.29, 0.717) is 6.10 Å². The quantitative estimate of drug-likeness (QED) is 0.554. The first kappa shape index (κ1) is 19.7. The average Bonchev–Trinajstić information content (AvgIpc) is 3.25. The van der Waals surface area contributed by atoms with Gasteiger partial charge in [0.05, 0.1) is 23.8 Å². The maximum atomic E-state index is 10.7. The molecule has 1 heterocycles. The highest BCUT2D eigenvalue weighted by Crippen LogP contribution is 2.29. The van der Waals surface area contributed by atoms with Crippen molar-refractivity contribution in [3.05, 3.63) is 66.4 Å². The van der Waals surface area contributed by atoms with Crippen molar-refractivity contribution < 1.29 is 14.9 Å². The van der Waals surface area contributed by atoms with E-state index in [4.69, 9.17) is 4.74 Å². The van der Waals surface area contributed by atoms with Gasteiger partial charge in [-0.05, 0) is 80.6 Å². The number of nitrogens with zero attached hydrogens (tertiary/aromatic N) is 1. The van der Waals surface area contributed by atoms with Crippen molar-refractivity contribution in [3.63, 3.8) is 0 Å². The summed E-state index contributed by atoms with van der Waals surface area (Å²) in [5.74, 6) is 0.867. The molecular formula is C24H28N2O3. The van der Waals surface area contributed by atoms with Crippen LogP contribution < -0.4 is 10.1 Å². The van der Waals surface area contributed by atoms with Crippen molar-refractivity contribution in [3.8, 4) is 5.75 Å². The molecule has 3 atom stereocenters.